The first-order valence-electron chi connectivity index (χ1n) is 8.79. The highest BCUT2D eigenvalue weighted by Crippen LogP contribution is 2.30. The fourth-order valence-corrected chi connectivity index (χ4v) is 3.41. The first kappa shape index (κ1) is 16.9. The van der Waals surface area contributed by atoms with Gasteiger partial charge in [0.15, 0.2) is 0 Å². The van der Waals surface area contributed by atoms with E-state index in [-0.39, 0.29) is 5.69 Å². The molecular weight excluding hydrogens is 340 g/mol. The van der Waals surface area contributed by atoms with Gasteiger partial charge in [0.05, 0.1) is 17.2 Å². The molecule has 4 aromatic rings. The second-order valence-corrected chi connectivity index (χ2v) is 6.29. The summed E-state index contributed by atoms with van der Waals surface area (Å²) in [6.45, 7) is 3.48. The minimum Gasteiger partial charge on any atom is -0.341 e. The average molecular weight is 358 g/mol. The molecule has 0 fully saturated rings. The largest absolute Gasteiger partial charge is 0.341 e. The Morgan fingerprint density at radius 1 is 0.963 bits per heavy atom. The Kier molecular flexibility index (Phi) is 4.38. The van der Waals surface area contributed by atoms with Crippen LogP contribution < -0.4 is 0 Å². The van der Waals surface area contributed by atoms with E-state index in [2.05, 4.69) is 64.2 Å². The number of hydrogen-bond acceptors (Lipinski definition) is 4. The van der Waals surface area contributed by atoms with Crippen LogP contribution in [0.4, 0.5) is 11.4 Å². The molecule has 0 aliphatic heterocycles. The second-order valence-electron chi connectivity index (χ2n) is 6.29. The third kappa shape index (κ3) is 3.17. The van der Waals surface area contributed by atoms with Crippen LogP contribution in [0.2, 0.25) is 0 Å². The predicted octanol–water partition coefficient (Wildman–Crippen LogP) is 6.01. The molecule has 0 aliphatic carbocycles. The Balaban J connectivity index is 1.64. The fourth-order valence-electron chi connectivity index (χ4n) is 3.41. The number of fused-ring (bicyclic) bond motifs is 3. The van der Waals surface area contributed by atoms with E-state index >= 15 is 0 Å². The van der Waals surface area contributed by atoms with Gasteiger partial charge in [-0.25, -0.2) is 0 Å². The van der Waals surface area contributed by atoms with Crippen LogP contribution >= 0.6 is 0 Å². The van der Waals surface area contributed by atoms with Crippen LogP contribution in [-0.4, -0.2) is 9.49 Å². The summed E-state index contributed by atoms with van der Waals surface area (Å²) in [4.78, 5) is 10.4. The smallest absolute Gasteiger partial charge is 0.271 e. The van der Waals surface area contributed by atoms with E-state index in [0.29, 0.717) is 12.2 Å². The highest BCUT2D eigenvalue weighted by Gasteiger charge is 2.09. The zero-order valence-corrected chi connectivity index (χ0v) is 14.9. The number of rotatable bonds is 5. The summed E-state index contributed by atoms with van der Waals surface area (Å²) in [5.41, 5.74) is 3.98. The standard InChI is InChI=1S/C21H18N4O2/c1-2-24-20-9-4-3-8-18(20)19-12-15(10-11-21(19)24)14-22-23-16-6-5-7-17(13-16)25(26)27/h3-13H,2,14H2,1H3. The van der Waals surface area contributed by atoms with E-state index in [1.54, 1.807) is 12.1 Å². The molecule has 0 unspecified atom stereocenters. The monoisotopic (exact) mass is 358 g/mol. The molecule has 4 rings (SSSR count). The maximum atomic E-state index is 10.8. The maximum Gasteiger partial charge on any atom is 0.271 e. The van der Waals surface area contributed by atoms with Crippen molar-refractivity contribution >= 4 is 33.2 Å². The number of aryl methyl sites for hydroxylation is 1. The Morgan fingerprint density at radius 3 is 2.59 bits per heavy atom. The van der Waals surface area contributed by atoms with Crippen LogP contribution in [-0.2, 0) is 13.1 Å². The van der Waals surface area contributed by atoms with Gasteiger partial charge >= 0.3 is 0 Å². The molecule has 134 valence electrons. The van der Waals surface area contributed by atoms with Gasteiger partial charge < -0.3 is 4.57 Å². The van der Waals surface area contributed by atoms with Crippen molar-refractivity contribution in [2.75, 3.05) is 0 Å². The van der Waals surface area contributed by atoms with Crippen LogP contribution in [0.25, 0.3) is 21.8 Å². The Hall–Kier alpha value is -3.54. The van der Waals surface area contributed by atoms with Crippen molar-refractivity contribution in [1.82, 2.24) is 4.57 Å². The Morgan fingerprint density at radius 2 is 1.78 bits per heavy atom. The van der Waals surface area contributed by atoms with Gasteiger partial charge in [0, 0.05) is 40.5 Å². The Bertz CT molecular complexity index is 1180. The van der Waals surface area contributed by atoms with E-state index in [1.165, 1.54) is 33.9 Å². The van der Waals surface area contributed by atoms with Gasteiger partial charge in [-0.1, -0.05) is 30.3 Å². The molecule has 3 aromatic carbocycles. The van der Waals surface area contributed by atoms with E-state index in [1.807, 2.05) is 0 Å². The number of hydrogen-bond donors (Lipinski definition) is 0. The molecule has 1 heterocycles. The summed E-state index contributed by atoms with van der Waals surface area (Å²) in [5.74, 6) is 0. The lowest BCUT2D eigenvalue weighted by Gasteiger charge is -2.03. The second kappa shape index (κ2) is 6.99. The summed E-state index contributed by atoms with van der Waals surface area (Å²) in [6.07, 6.45) is 0. The van der Waals surface area contributed by atoms with Crippen molar-refractivity contribution in [2.45, 2.75) is 20.0 Å². The van der Waals surface area contributed by atoms with E-state index in [4.69, 9.17) is 0 Å². The molecule has 0 N–H and O–H groups in total. The number of azo groups is 1. The number of benzene rings is 3. The lowest BCUT2D eigenvalue weighted by Crippen LogP contribution is -1.92. The molecule has 0 amide bonds. The van der Waals surface area contributed by atoms with Crippen molar-refractivity contribution in [3.63, 3.8) is 0 Å². The highest BCUT2D eigenvalue weighted by atomic mass is 16.6. The van der Waals surface area contributed by atoms with Gasteiger partial charge in [-0.15, -0.1) is 0 Å². The molecule has 0 saturated heterocycles. The third-order valence-electron chi connectivity index (χ3n) is 4.63. The van der Waals surface area contributed by atoms with Gasteiger partial charge in [-0.3, -0.25) is 10.1 Å². The van der Waals surface area contributed by atoms with Crippen LogP contribution in [0.1, 0.15) is 12.5 Å². The molecule has 0 aliphatic rings. The van der Waals surface area contributed by atoms with Crippen LogP contribution in [0, 0.1) is 10.1 Å². The molecule has 0 spiro atoms. The Labute approximate surface area is 155 Å². The maximum absolute atomic E-state index is 10.8. The molecule has 0 atom stereocenters. The molecule has 0 saturated carbocycles. The van der Waals surface area contributed by atoms with E-state index < -0.39 is 4.92 Å². The molecule has 6 nitrogen and oxygen atoms in total. The van der Waals surface area contributed by atoms with Crippen LogP contribution in [0.15, 0.2) is 77.0 Å². The zero-order chi connectivity index (χ0) is 18.8. The zero-order valence-electron chi connectivity index (χ0n) is 14.9. The SMILES string of the molecule is CCn1c2ccccc2c2cc(CN=Nc3cccc([N+](=O)[O-])c3)ccc21. The van der Waals surface area contributed by atoms with Crippen molar-refractivity contribution in [2.24, 2.45) is 10.2 Å². The molecule has 27 heavy (non-hydrogen) atoms. The lowest BCUT2D eigenvalue weighted by atomic mass is 10.1. The van der Waals surface area contributed by atoms with Gasteiger partial charge in [-0.2, -0.15) is 10.2 Å². The van der Waals surface area contributed by atoms with Crippen molar-refractivity contribution in [3.05, 3.63) is 82.4 Å². The molecule has 6 heteroatoms. The number of nitrogens with zero attached hydrogens (tertiary/aromatic N) is 4. The third-order valence-corrected chi connectivity index (χ3v) is 4.63. The summed E-state index contributed by atoms with van der Waals surface area (Å²) in [6, 6.07) is 20.9. The normalized spacial score (nSPS) is 11.6. The molecule has 0 radical (unpaired) electrons. The van der Waals surface area contributed by atoms with Crippen molar-refractivity contribution < 1.29 is 4.92 Å². The number of aromatic nitrogens is 1. The number of non-ortho nitro benzene ring substituents is 1. The summed E-state index contributed by atoms with van der Waals surface area (Å²) in [7, 11) is 0. The van der Waals surface area contributed by atoms with Crippen molar-refractivity contribution in [3.8, 4) is 0 Å². The highest BCUT2D eigenvalue weighted by molar-refractivity contribution is 6.08. The fraction of sp³-hybridized carbons (Fsp3) is 0.143. The van der Waals surface area contributed by atoms with Gasteiger partial charge in [0.2, 0.25) is 0 Å². The van der Waals surface area contributed by atoms with Gasteiger partial charge in [0.1, 0.15) is 0 Å². The van der Waals surface area contributed by atoms with E-state index in [9.17, 15) is 10.1 Å². The lowest BCUT2D eigenvalue weighted by molar-refractivity contribution is -0.384. The summed E-state index contributed by atoms with van der Waals surface area (Å²) < 4.78 is 2.30. The van der Waals surface area contributed by atoms with Gasteiger partial charge in [0.25, 0.3) is 5.69 Å². The summed E-state index contributed by atoms with van der Waals surface area (Å²) >= 11 is 0. The quantitative estimate of drug-likeness (QED) is 0.249. The predicted molar refractivity (Wildman–Crippen MR) is 106 cm³/mol. The number of para-hydroxylation sites is 1. The molecule has 0 bridgehead atoms. The molecule has 1 aromatic heterocycles. The van der Waals surface area contributed by atoms with Crippen molar-refractivity contribution in [1.29, 1.82) is 0 Å². The average Bonchev–Trinajstić information content (AvgIpc) is 3.01. The first-order chi connectivity index (χ1) is 13.2. The van der Waals surface area contributed by atoms with Gasteiger partial charge in [-0.05, 0) is 36.8 Å². The van der Waals surface area contributed by atoms with Crippen LogP contribution in [0.5, 0.6) is 0 Å². The minimum atomic E-state index is -0.434. The first-order valence-corrected chi connectivity index (χ1v) is 8.79. The minimum absolute atomic E-state index is 0.0141. The van der Waals surface area contributed by atoms with Crippen LogP contribution in [0.3, 0.4) is 0 Å². The number of nitro groups is 1. The van der Waals surface area contributed by atoms with E-state index in [0.717, 1.165) is 12.1 Å². The summed E-state index contributed by atoms with van der Waals surface area (Å²) in [5, 5.41) is 21.6. The molecular formula is C21H18N4O2. The number of nitro benzene ring substituents is 1. The topological polar surface area (TPSA) is 72.8 Å².